The SMILES string of the molecule is CNC(CCc1ccccc1)c1cc(Br)cc(Br)c1. The van der Waals surface area contributed by atoms with Gasteiger partial charge in [0.1, 0.15) is 0 Å². The maximum atomic E-state index is 3.55. The van der Waals surface area contributed by atoms with Gasteiger partial charge in [-0.1, -0.05) is 62.2 Å². The lowest BCUT2D eigenvalue weighted by atomic mass is 9.99. The average molecular weight is 383 g/mol. The molecule has 1 N–H and O–H groups in total. The highest BCUT2D eigenvalue weighted by atomic mass is 79.9. The minimum Gasteiger partial charge on any atom is -0.313 e. The molecule has 0 saturated heterocycles. The molecular formula is C16H17Br2N. The molecule has 0 spiro atoms. The van der Waals surface area contributed by atoms with Gasteiger partial charge in [0.2, 0.25) is 0 Å². The lowest BCUT2D eigenvalue weighted by Crippen LogP contribution is -2.17. The van der Waals surface area contributed by atoms with Crippen molar-refractivity contribution in [3.8, 4) is 0 Å². The number of rotatable bonds is 5. The maximum absolute atomic E-state index is 3.55. The molecule has 0 amide bonds. The smallest absolute Gasteiger partial charge is 0.0321 e. The molecule has 0 heterocycles. The highest BCUT2D eigenvalue weighted by Crippen LogP contribution is 2.26. The van der Waals surface area contributed by atoms with E-state index in [9.17, 15) is 0 Å². The largest absolute Gasteiger partial charge is 0.313 e. The van der Waals surface area contributed by atoms with E-state index in [1.54, 1.807) is 0 Å². The molecule has 100 valence electrons. The Hall–Kier alpha value is -0.640. The van der Waals surface area contributed by atoms with Gasteiger partial charge in [0.25, 0.3) is 0 Å². The fourth-order valence-corrected chi connectivity index (χ4v) is 3.54. The van der Waals surface area contributed by atoms with Crippen molar-refractivity contribution in [1.82, 2.24) is 5.32 Å². The molecule has 1 unspecified atom stereocenters. The van der Waals surface area contributed by atoms with Crippen LogP contribution in [0, 0.1) is 0 Å². The van der Waals surface area contributed by atoms with Crippen molar-refractivity contribution in [2.24, 2.45) is 0 Å². The normalized spacial score (nSPS) is 12.4. The van der Waals surface area contributed by atoms with Crippen molar-refractivity contribution in [2.45, 2.75) is 18.9 Å². The number of hydrogen-bond acceptors (Lipinski definition) is 1. The van der Waals surface area contributed by atoms with Crippen LogP contribution in [0.25, 0.3) is 0 Å². The molecule has 2 rings (SSSR count). The molecule has 0 aliphatic carbocycles. The molecule has 0 bridgehead atoms. The van der Waals surface area contributed by atoms with E-state index in [-0.39, 0.29) is 0 Å². The second-order valence-electron chi connectivity index (χ2n) is 4.57. The Morgan fingerprint density at radius 3 is 2.21 bits per heavy atom. The van der Waals surface area contributed by atoms with Crippen LogP contribution in [0.15, 0.2) is 57.5 Å². The highest BCUT2D eigenvalue weighted by molar-refractivity contribution is 9.11. The molecule has 0 aliphatic rings. The van der Waals surface area contributed by atoms with Gasteiger partial charge in [-0.2, -0.15) is 0 Å². The van der Waals surface area contributed by atoms with Gasteiger partial charge in [0.15, 0.2) is 0 Å². The van der Waals surface area contributed by atoms with Crippen LogP contribution in [0.4, 0.5) is 0 Å². The standard InChI is InChI=1S/C16H17Br2N/c1-19-16(8-7-12-5-3-2-4-6-12)13-9-14(17)11-15(18)10-13/h2-6,9-11,16,19H,7-8H2,1H3. The molecule has 1 nitrogen and oxygen atoms in total. The van der Waals surface area contributed by atoms with E-state index in [0.29, 0.717) is 6.04 Å². The zero-order valence-corrected chi connectivity index (χ0v) is 14.0. The van der Waals surface area contributed by atoms with Gasteiger partial charge in [-0.25, -0.2) is 0 Å². The fourth-order valence-electron chi connectivity index (χ4n) is 2.21. The molecule has 2 aromatic carbocycles. The fraction of sp³-hybridized carbons (Fsp3) is 0.250. The quantitative estimate of drug-likeness (QED) is 0.757. The summed E-state index contributed by atoms with van der Waals surface area (Å²) < 4.78 is 2.22. The van der Waals surface area contributed by atoms with Crippen molar-refractivity contribution in [3.63, 3.8) is 0 Å². The van der Waals surface area contributed by atoms with E-state index in [0.717, 1.165) is 21.8 Å². The first-order valence-corrected chi connectivity index (χ1v) is 7.95. The summed E-state index contributed by atoms with van der Waals surface area (Å²) in [5.41, 5.74) is 2.69. The van der Waals surface area contributed by atoms with Crippen molar-refractivity contribution < 1.29 is 0 Å². The number of benzene rings is 2. The Morgan fingerprint density at radius 2 is 1.63 bits per heavy atom. The third-order valence-electron chi connectivity index (χ3n) is 3.20. The predicted molar refractivity (Wildman–Crippen MR) is 88.4 cm³/mol. The van der Waals surface area contributed by atoms with E-state index < -0.39 is 0 Å². The highest BCUT2D eigenvalue weighted by Gasteiger charge is 2.10. The van der Waals surface area contributed by atoms with E-state index in [2.05, 4.69) is 85.7 Å². The van der Waals surface area contributed by atoms with Crippen LogP contribution >= 0.6 is 31.9 Å². The Bertz CT molecular complexity index is 505. The maximum Gasteiger partial charge on any atom is 0.0321 e. The Kier molecular flexibility index (Phi) is 5.61. The predicted octanol–water partition coefficient (Wildman–Crippen LogP) is 5.10. The summed E-state index contributed by atoms with van der Waals surface area (Å²) >= 11 is 7.10. The summed E-state index contributed by atoms with van der Waals surface area (Å²) in [5.74, 6) is 0. The minimum absolute atomic E-state index is 0.369. The summed E-state index contributed by atoms with van der Waals surface area (Å²) in [6, 6.07) is 17.4. The lowest BCUT2D eigenvalue weighted by molar-refractivity contribution is 0.549. The van der Waals surface area contributed by atoms with E-state index in [4.69, 9.17) is 0 Å². The van der Waals surface area contributed by atoms with E-state index in [1.165, 1.54) is 11.1 Å². The van der Waals surface area contributed by atoms with Crippen LogP contribution in [0.2, 0.25) is 0 Å². The average Bonchev–Trinajstić information content (AvgIpc) is 2.39. The topological polar surface area (TPSA) is 12.0 Å². The third-order valence-corrected chi connectivity index (χ3v) is 4.12. The van der Waals surface area contributed by atoms with E-state index in [1.807, 2.05) is 7.05 Å². The van der Waals surface area contributed by atoms with Crippen molar-refractivity contribution in [1.29, 1.82) is 0 Å². The van der Waals surface area contributed by atoms with Gasteiger partial charge >= 0.3 is 0 Å². The lowest BCUT2D eigenvalue weighted by Gasteiger charge is -2.17. The zero-order valence-electron chi connectivity index (χ0n) is 10.9. The number of aryl methyl sites for hydroxylation is 1. The number of halogens is 2. The second kappa shape index (κ2) is 7.22. The number of nitrogens with one attached hydrogen (secondary N) is 1. The minimum atomic E-state index is 0.369. The summed E-state index contributed by atoms with van der Waals surface area (Å²) in [6.07, 6.45) is 2.17. The van der Waals surface area contributed by atoms with Gasteiger partial charge in [0, 0.05) is 15.0 Å². The molecule has 2 aromatic rings. The van der Waals surface area contributed by atoms with Crippen LogP contribution < -0.4 is 5.32 Å². The molecule has 0 aliphatic heterocycles. The molecule has 0 saturated carbocycles. The van der Waals surface area contributed by atoms with Gasteiger partial charge in [-0.05, 0) is 49.2 Å². The molecule has 0 aromatic heterocycles. The Labute approximate surface area is 131 Å². The Morgan fingerprint density at radius 1 is 1.00 bits per heavy atom. The molecule has 19 heavy (non-hydrogen) atoms. The first-order valence-electron chi connectivity index (χ1n) is 6.36. The molecule has 0 radical (unpaired) electrons. The van der Waals surface area contributed by atoms with Gasteiger partial charge in [-0.15, -0.1) is 0 Å². The molecule has 1 atom stereocenters. The van der Waals surface area contributed by atoms with Crippen LogP contribution in [0.1, 0.15) is 23.6 Å². The van der Waals surface area contributed by atoms with Gasteiger partial charge in [-0.3, -0.25) is 0 Å². The Balaban J connectivity index is 2.07. The van der Waals surface area contributed by atoms with Gasteiger partial charge in [0.05, 0.1) is 0 Å². The van der Waals surface area contributed by atoms with Crippen LogP contribution in [0.5, 0.6) is 0 Å². The van der Waals surface area contributed by atoms with Crippen LogP contribution in [0.3, 0.4) is 0 Å². The summed E-state index contributed by atoms with van der Waals surface area (Å²) in [5, 5.41) is 3.40. The third kappa shape index (κ3) is 4.44. The monoisotopic (exact) mass is 381 g/mol. The van der Waals surface area contributed by atoms with Crippen molar-refractivity contribution in [3.05, 3.63) is 68.6 Å². The van der Waals surface area contributed by atoms with Crippen molar-refractivity contribution in [2.75, 3.05) is 7.05 Å². The summed E-state index contributed by atoms with van der Waals surface area (Å²) in [6.45, 7) is 0. The molecular weight excluding hydrogens is 366 g/mol. The first kappa shape index (κ1) is 14.8. The number of hydrogen-bond donors (Lipinski definition) is 1. The van der Waals surface area contributed by atoms with E-state index >= 15 is 0 Å². The van der Waals surface area contributed by atoms with Crippen LogP contribution in [-0.4, -0.2) is 7.05 Å². The first-order chi connectivity index (χ1) is 9.19. The zero-order chi connectivity index (χ0) is 13.7. The van der Waals surface area contributed by atoms with Gasteiger partial charge < -0.3 is 5.32 Å². The molecule has 3 heteroatoms. The summed E-state index contributed by atoms with van der Waals surface area (Å²) in [4.78, 5) is 0. The van der Waals surface area contributed by atoms with Crippen LogP contribution in [-0.2, 0) is 6.42 Å². The second-order valence-corrected chi connectivity index (χ2v) is 6.40. The van der Waals surface area contributed by atoms with Crippen molar-refractivity contribution >= 4 is 31.9 Å². The summed E-state index contributed by atoms with van der Waals surface area (Å²) in [7, 11) is 2.02. The molecule has 0 fully saturated rings.